The van der Waals surface area contributed by atoms with Crippen LogP contribution in [0.15, 0.2) is 22.7 Å². The van der Waals surface area contributed by atoms with Gasteiger partial charge >= 0.3 is 0 Å². The second-order valence-electron chi connectivity index (χ2n) is 3.03. The summed E-state index contributed by atoms with van der Waals surface area (Å²) in [6.45, 7) is 7.71. The predicted octanol–water partition coefficient (Wildman–Crippen LogP) is 1.32. The molecule has 3 heteroatoms. The smallest absolute Gasteiger partial charge is 0.111 e. The average molecular weight is 165 g/mol. The average Bonchev–Trinajstić information content (AvgIpc) is 2.25. The van der Waals surface area contributed by atoms with Crippen molar-refractivity contribution in [2.75, 3.05) is 7.05 Å². The van der Waals surface area contributed by atoms with Crippen LogP contribution in [0.2, 0.25) is 0 Å². The van der Waals surface area contributed by atoms with Crippen LogP contribution in [0.25, 0.3) is 0 Å². The normalized spacial score (nSPS) is 29.6. The largest absolute Gasteiger partial charge is 0.295 e. The highest BCUT2D eigenvalue weighted by Gasteiger charge is 2.28. The second-order valence-corrected chi connectivity index (χ2v) is 3.03. The Morgan fingerprint density at radius 2 is 2.33 bits per heavy atom. The Labute approximate surface area is 73.5 Å². The summed E-state index contributed by atoms with van der Waals surface area (Å²) in [7, 11) is 1.97. The predicted molar refractivity (Wildman–Crippen MR) is 52.8 cm³/mol. The fourth-order valence-corrected chi connectivity index (χ4v) is 1.34. The van der Waals surface area contributed by atoms with E-state index >= 15 is 0 Å². The van der Waals surface area contributed by atoms with E-state index in [1.165, 1.54) is 0 Å². The maximum absolute atomic E-state index is 4.34. The Morgan fingerprint density at radius 1 is 1.67 bits per heavy atom. The van der Waals surface area contributed by atoms with Gasteiger partial charge in [0.15, 0.2) is 0 Å². The van der Waals surface area contributed by atoms with Gasteiger partial charge < -0.3 is 0 Å². The van der Waals surface area contributed by atoms with Crippen molar-refractivity contribution in [1.29, 1.82) is 0 Å². The molecular weight excluding hydrogens is 150 g/mol. The molecule has 0 amide bonds. The number of nitrogens with zero attached hydrogens (tertiary/aromatic N) is 3. The van der Waals surface area contributed by atoms with Crippen molar-refractivity contribution in [1.82, 2.24) is 5.01 Å². The van der Waals surface area contributed by atoms with Gasteiger partial charge in [-0.15, -0.1) is 0 Å². The minimum Gasteiger partial charge on any atom is -0.295 e. The van der Waals surface area contributed by atoms with Gasteiger partial charge in [0, 0.05) is 13.3 Å². The fraction of sp³-hybridized carbons (Fsp3) is 0.556. The molecule has 0 aliphatic carbocycles. The highest BCUT2D eigenvalue weighted by molar-refractivity contribution is 5.91. The quantitative estimate of drug-likeness (QED) is 0.567. The van der Waals surface area contributed by atoms with Crippen LogP contribution in [-0.4, -0.2) is 36.1 Å². The van der Waals surface area contributed by atoms with E-state index in [0.717, 1.165) is 5.71 Å². The molecule has 0 saturated heterocycles. The number of allylic oxidation sites excluding steroid dienone is 1. The second kappa shape index (κ2) is 3.52. The summed E-state index contributed by atoms with van der Waals surface area (Å²) in [5, 5.41) is 6.25. The van der Waals surface area contributed by atoms with E-state index in [9.17, 15) is 0 Å². The molecule has 1 aliphatic rings. The first kappa shape index (κ1) is 8.97. The Bertz CT molecular complexity index is 230. The van der Waals surface area contributed by atoms with E-state index in [0.29, 0.717) is 6.04 Å². The van der Waals surface area contributed by atoms with Crippen molar-refractivity contribution < 1.29 is 0 Å². The molecule has 1 rings (SSSR count). The van der Waals surface area contributed by atoms with Crippen LogP contribution >= 0.6 is 0 Å². The van der Waals surface area contributed by atoms with Crippen molar-refractivity contribution in [2.45, 2.75) is 25.9 Å². The van der Waals surface area contributed by atoms with Crippen molar-refractivity contribution in [3.63, 3.8) is 0 Å². The Kier molecular flexibility index (Phi) is 2.63. The van der Waals surface area contributed by atoms with Crippen LogP contribution in [0.4, 0.5) is 0 Å². The third-order valence-corrected chi connectivity index (χ3v) is 2.14. The Hall–Kier alpha value is -1.12. The van der Waals surface area contributed by atoms with Gasteiger partial charge in [-0.1, -0.05) is 12.7 Å². The molecule has 3 nitrogen and oxygen atoms in total. The molecule has 2 atom stereocenters. The molecule has 0 saturated carbocycles. The lowest BCUT2D eigenvalue weighted by atomic mass is 10.1. The lowest BCUT2D eigenvalue weighted by molar-refractivity contribution is 0.290. The summed E-state index contributed by atoms with van der Waals surface area (Å²) in [4.78, 5) is 4.34. The maximum atomic E-state index is 4.34. The molecule has 0 fully saturated rings. The molecule has 0 aromatic carbocycles. The zero-order chi connectivity index (χ0) is 9.14. The van der Waals surface area contributed by atoms with Crippen molar-refractivity contribution in [3.8, 4) is 0 Å². The summed E-state index contributed by atoms with van der Waals surface area (Å²) in [5.74, 6) is 0. The van der Waals surface area contributed by atoms with Gasteiger partial charge in [0.05, 0.1) is 11.8 Å². The zero-order valence-electron chi connectivity index (χ0n) is 7.86. The molecule has 1 heterocycles. The molecule has 2 unspecified atom stereocenters. The van der Waals surface area contributed by atoms with Crippen LogP contribution < -0.4 is 0 Å². The summed E-state index contributed by atoms with van der Waals surface area (Å²) in [6.07, 6.45) is 3.43. The van der Waals surface area contributed by atoms with E-state index in [1.807, 2.05) is 19.0 Å². The fourth-order valence-electron chi connectivity index (χ4n) is 1.34. The molecule has 0 radical (unpaired) electrons. The molecule has 66 valence electrons. The Balaban J connectivity index is 2.72. The van der Waals surface area contributed by atoms with Gasteiger partial charge in [0.25, 0.3) is 0 Å². The minimum absolute atomic E-state index is 0.202. The third-order valence-electron chi connectivity index (χ3n) is 2.14. The summed E-state index contributed by atoms with van der Waals surface area (Å²) in [6, 6.07) is 0.564. The monoisotopic (exact) mass is 165 g/mol. The standard InChI is InChI=1S/C9H15N3/c1-5-6-10-9-7(2)11-12(4)8(9)3/h5-6,8-9H,1H2,2-4H3. The van der Waals surface area contributed by atoms with E-state index in [1.54, 1.807) is 12.3 Å². The first-order valence-corrected chi connectivity index (χ1v) is 4.09. The van der Waals surface area contributed by atoms with Crippen LogP contribution in [0, 0.1) is 0 Å². The molecule has 0 aromatic rings. The topological polar surface area (TPSA) is 28.0 Å². The third kappa shape index (κ3) is 1.55. The van der Waals surface area contributed by atoms with Crippen LogP contribution in [-0.2, 0) is 0 Å². The zero-order valence-corrected chi connectivity index (χ0v) is 7.86. The van der Waals surface area contributed by atoms with E-state index in [-0.39, 0.29) is 6.04 Å². The van der Waals surface area contributed by atoms with Crippen molar-refractivity contribution in [2.24, 2.45) is 10.1 Å². The first-order chi connectivity index (χ1) is 5.66. The van der Waals surface area contributed by atoms with E-state index in [2.05, 4.69) is 23.6 Å². The molecule has 1 aliphatic heterocycles. The molecule has 0 N–H and O–H groups in total. The molecule has 12 heavy (non-hydrogen) atoms. The lowest BCUT2D eigenvalue weighted by Gasteiger charge is -2.17. The highest BCUT2D eigenvalue weighted by atomic mass is 15.5. The highest BCUT2D eigenvalue weighted by Crippen LogP contribution is 2.15. The van der Waals surface area contributed by atoms with Crippen LogP contribution in [0.1, 0.15) is 13.8 Å². The van der Waals surface area contributed by atoms with Gasteiger partial charge in [-0.3, -0.25) is 10.0 Å². The van der Waals surface area contributed by atoms with Gasteiger partial charge in [-0.2, -0.15) is 5.10 Å². The lowest BCUT2D eigenvalue weighted by Crippen LogP contribution is -2.30. The van der Waals surface area contributed by atoms with Crippen molar-refractivity contribution >= 4 is 11.9 Å². The number of hydrogen-bond donors (Lipinski definition) is 0. The minimum atomic E-state index is 0.202. The molecule has 0 spiro atoms. The van der Waals surface area contributed by atoms with E-state index < -0.39 is 0 Å². The van der Waals surface area contributed by atoms with Gasteiger partial charge in [-0.05, 0) is 13.8 Å². The van der Waals surface area contributed by atoms with E-state index in [4.69, 9.17) is 0 Å². The SMILES string of the molecule is C=CC=NC1C(C)=NN(C)C1C. The summed E-state index contributed by atoms with van der Waals surface area (Å²) < 4.78 is 0. The molecular formula is C9H15N3. The van der Waals surface area contributed by atoms with Gasteiger partial charge in [-0.25, -0.2) is 0 Å². The molecule has 0 bridgehead atoms. The number of likely N-dealkylation sites (N-methyl/N-ethyl adjacent to an activating group) is 1. The number of aliphatic imine (C=N–C) groups is 1. The first-order valence-electron chi connectivity index (χ1n) is 4.09. The number of hydrogen-bond acceptors (Lipinski definition) is 3. The summed E-state index contributed by atoms with van der Waals surface area (Å²) in [5.41, 5.74) is 1.07. The summed E-state index contributed by atoms with van der Waals surface area (Å²) >= 11 is 0. The number of hydrazone groups is 1. The number of rotatable bonds is 2. The van der Waals surface area contributed by atoms with Gasteiger partial charge in [0.2, 0.25) is 0 Å². The van der Waals surface area contributed by atoms with Crippen LogP contribution in [0.5, 0.6) is 0 Å². The molecule has 0 aromatic heterocycles. The Morgan fingerprint density at radius 3 is 2.75 bits per heavy atom. The maximum Gasteiger partial charge on any atom is 0.111 e. The van der Waals surface area contributed by atoms with Gasteiger partial charge in [0.1, 0.15) is 6.04 Å². The van der Waals surface area contributed by atoms with Crippen LogP contribution in [0.3, 0.4) is 0 Å². The van der Waals surface area contributed by atoms with Crippen molar-refractivity contribution in [3.05, 3.63) is 12.7 Å².